The van der Waals surface area contributed by atoms with Crippen molar-refractivity contribution in [2.75, 3.05) is 0 Å². The van der Waals surface area contributed by atoms with Crippen LogP contribution < -0.4 is 0 Å². The normalized spacial score (nSPS) is 15.5. The lowest BCUT2D eigenvalue weighted by Gasteiger charge is -2.43. The van der Waals surface area contributed by atoms with Gasteiger partial charge in [0.25, 0.3) is 0 Å². The minimum atomic E-state index is -5.26. The van der Waals surface area contributed by atoms with Gasteiger partial charge < -0.3 is 0 Å². The van der Waals surface area contributed by atoms with Gasteiger partial charge in [-0.25, -0.2) is 0 Å². The second-order valence-electron chi connectivity index (χ2n) is 7.16. The summed E-state index contributed by atoms with van der Waals surface area (Å²) in [4.78, 5) is 0. The molecule has 0 aliphatic carbocycles. The van der Waals surface area contributed by atoms with Crippen LogP contribution >= 0.6 is 0 Å². The molecule has 0 bridgehead atoms. The molecule has 0 fully saturated rings. The average Bonchev–Trinajstić information content (AvgIpc) is 1.91. The summed E-state index contributed by atoms with van der Waals surface area (Å²) < 4.78 is 75.8. The van der Waals surface area contributed by atoms with Crippen LogP contribution in [0.1, 0.15) is 48.0 Å². The molecule has 6 heteroatoms. The minimum Gasteiger partial charge on any atom is -0.170 e. The molecular formula is C13H22F6. The Morgan fingerprint density at radius 2 is 0.842 bits per heavy atom. The third-order valence-electron chi connectivity index (χ3n) is 3.35. The molecule has 0 aliphatic heterocycles. The first-order chi connectivity index (χ1) is 7.97. The first-order valence-corrected chi connectivity index (χ1v) is 6.11. The topological polar surface area (TPSA) is 0 Å². The van der Waals surface area contributed by atoms with Gasteiger partial charge in [0.1, 0.15) is 0 Å². The molecule has 0 amide bonds. The van der Waals surface area contributed by atoms with Crippen LogP contribution in [0, 0.1) is 22.7 Å². The zero-order chi connectivity index (χ0) is 15.9. The summed E-state index contributed by atoms with van der Waals surface area (Å²) in [6, 6.07) is 0. The molecule has 0 rings (SSSR count). The maximum Gasteiger partial charge on any atom is 0.400 e. The summed E-state index contributed by atoms with van der Waals surface area (Å²) in [5.41, 5.74) is -1.26. The van der Waals surface area contributed by atoms with Gasteiger partial charge in [0.05, 0.1) is 0 Å². The van der Waals surface area contributed by atoms with Crippen LogP contribution in [0.25, 0.3) is 0 Å². The van der Waals surface area contributed by atoms with Gasteiger partial charge in [0.15, 0.2) is 5.92 Å². The lowest BCUT2D eigenvalue weighted by Crippen LogP contribution is -2.43. The zero-order valence-corrected chi connectivity index (χ0v) is 12.1. The van der Waals surface area contributed by atoms with E-state index in [-0.39, 0.29) is 0 Å². The molecule has 0 spiro atoms. The summed E-state index contributed by atoms with van der Waals surface area (Å²) in [7, 11) is 0. The highest BCUT2D eigenvalue weighted by Gasteiger charge is 2.58. The number of halogens is 6. The predicted molar refractivity (Wildman–Crippen MR) is 62.6 cm³/mol. The van der Waals surface area contributed by atoms with E-state index in [1.54, 1.807) is 41.5 Å². The van der Waals surface area contributed by atoms with Crippen molar-refractivity contribution in [2.24, 2.45) is 22.7 Å². The Morgan fingerprint density at radius 3 is 1.00 bits per heavy atom. The van der Waals surface area contributed by atoms with Crippen molar-refractivity contribution in [1.29, 1.82) is 0 Å². The number of hydrogen-bond acceptors (Lipinski definition) is 0. The Balaban J connectivity index is 5.43. The van der Waals surface area contributed by atoms with E-state index in [0.29, 0.717) is 0 Å². The van der Waals surface area contributed by atoms with Gasteiger partial charge in [-0.2, -0.15) is 26.3 Å². The molecule has 0 saturated carbocycles. The molecule has 0 aromatic rings. The van der Waals surface area contributed by atoms with Crippen LogP contribution in [-0.2, 0) is 0 Å². The maximum atomic E-state index is 12.6. The molecule has 0 N–H and O–H groups in total. The Morgan fingerprint density at radius 1 is 0.579 bits per heavy atom. The van der Waals surface area contributed by atoms with E-state index in [9.17, 15) is 26.3 Å². The number of alkyl halides is 6. The Labute approximate surface area is 110 Å². The van der Waals surface area contributed by atoms with E-state index < -0.39 is 41.4 Å². The van der Waals surface area contributed by atoms with Gasteiger partial charge in [-0.1, -0.05) is 41.5 Å². The first kappa shape index (κ1) is 18.6. The number of rotatable bonds is 2. The van der Waals surface area contributed by atoms with Crippen molar-refractivity contribution >= 4 is 0 Å². The Kier molecular flexibility index (Phi) is 5.05. The van der Waals surface area contributed by atoms with Gasteiger partial charge in [0, 0.05) is 0 Å². The molecule has 0 aromatic heterocycles. The highest BCUT2D eigenvalue weighted by Crippen LogP contribution is 2.50. The molecule has 0 radical (unpaired) electrons. The van der Waals surface area contributed by atoms with Gasteiger partial charge in [-0.3, -0.25) is 0 Å². The van der Waals surface area contributed by atoms with E-state index in [0.717, 1.165) is 0 Å². The first-order valence-electron chi connectivity index (χ1n) is 6.11. The lowest BCUT2D eigenvalue weighted by molar-refractivity contribution is -0.291. The van der Waals surface area contributed by atoms with Crippen LogP contribution in [0.2, 0.25) is 0 Å². The van der Waals surface area contributed by atoms with Crippen LogP contribution in [0.3, 0.4) is 0 Å². The summed E-state index contributed by atoms with van der Waals surface area (Å²) in [6.45, 7) is 10.0. The van der Waals surface area contributed by atoms with Crippen LogP contribution in [0.4, 0.5) is 26.3 Å². The highest BCUT2D eigenvalue weighted by atomic mass is 19.4. The Hall–Kier alpha value is -0.420. The van der Waals surface area contributed by atoms with E-state index in [1.807, 2.05) is 0 Å². The van der Waals surface area contributed by atoms with E-state index in [4.69, 9.17) is 0 Å². The van der Waals surface area contributed by atoms with Crippen molar-refractivity contribution in [1.82, 2.24) is 0 Å². The highest BCUT2D eigenvalue weighted by molar-refractivity contribution is 4.89. The molecule has 0 saturated heterocycles. The van der Waals surface area contributed by atoms with Gasteiger partial charge >= 0.3 is 12.4 Å². The molecule has 0 aliphatic rings. The third-order valence-corrected chi connectivity index (χ3v) is 3.35. The number of hydrogen-bond donors (Lipinski definition) is 0. The fraction of sp³-hybridized carbons (Fsp3) is 1.00. The molecular weight excluding hydrogens is 270 g/mol. The fourth-order valence-corrected chi connectivity index (χ4v) is 2.69. The molecule has 0 aromatic carbocycles. The largest absolute Gasteiger partial charge is 0.400 e. The van der Waals surface area contributed by atoms with Crippen molar-refractivity contribution in [3.8, 4) is 0 Å². The minimum absolute atomic E-state index is 0.632. The summed E-state index contributed by atoms with van der Waals surface area (Å²) in [6.07, 6.45) is -11.4. The van der Waals surface area contributed by atoms with Crippen molar-refractivity contribution in [3.63, 3.8) is 0 Å². The van der Waals surface area contributed by atoms with Crippen molar-refractivity contribution < 1.29 is 26.3 Å². The molecule has 116 valence electrons. The quantitative estimate of drug-likeness (QED) is 0.562. The average molecular weight is 292 g/mol. The summed E-state index contributed by atoms with van der Waals surface area (Å²) in [5.74, 6) is -3.96. The molecule has 0 nitrogen and oxygen atoms in total. The van der Waals surface area contributed by atoms with E-state index in [2.05, 4.69) is 0 Å². The lowest BCUT2D eigenvalue weighted by atomic mass is 9.63. The molecule has 19 heavy (non-hydrogen) atoms. The summed E-state index contributed by atoms with van der Waals surface area (Å²) in [5, 5.41) is 0. The Bertz CT molecular complexity index is 228. The van der Waals surface area contributed by atoms with E-state index in [1.165, 1.54) is 0 Å². The van der Waals surface area contributed by atoms with E-state index >= 15 is 0 Å². The van der Waals surface area contributed by atoms with Crippen LogP contribution in [0.5, 0.6) is 0 Å². The second-order valence-corrected chi connectivity index (χ2v) is 7.16. The molecule has 0 unspecified atom stereocenters. The molecule has 0 atom stereocenters. The van der Waals surface area contributed by atoms with Crippen molar-refractivity contribution in [3.05, 3.63) is 0 Å². The predicted octanol–water partition coefficient (Wildman–Crippen LogP) is 5.83. The second kappa shape index (κ2) is 5.17. The SMILES string of the molecule is CC(C)(C)C(CC(C(F)(F)F)C(F)(F)F)C(C)(C)C. The summed E-state index contributed by atoms with van der Waals surface area (Å²) >= 11 is 0. The van der Waals surface area contributed by atoms with Crippen molar-refractivity contribution in [2.45, 2.75) is 60.3 Å². The maximum absolute atomic E-state index is 12.6. The smallest absolute Gasteiger partial charge is 0.170 e. The van der Waals surface area contributed by atoms with Gasteiger partial charge in [-0.05, 0) is 23.2 Å². The molecule has 0 heterocycles. The third kappa shape index (κ3) is 5.61. The monoisotopic (exact) mass is 292 g/mol. The standard InChI is InChI=1S/C13H22F6/c1-10(2,3)8(11(4,5)6)7-9(12(14,15)16)13(17,18)19/h8-9H,7H2,1-6H3. The fourth-order valence-electron chi connectivity index (χ4n) is 2.69. The van der Waals surface area contributed by atoms with Gasteiger partial charge in [0.2, 0.25) is 0 Å². The van der Waals surface area contributed by atoms with Gasteiger partial charge in [-0.15, -0.1) is 0 Å². The zero-order valence-electron chi connectivity index (χ0n) is 12.1. The van der Waals surface area contributed by atoms with Crippen LogP contribution in [-0.4, -0.2) is 12.4 Å². The van der Waals surface area contributed by atoms with Crippen LogP contribution in [0.15, 0.2) is 0 Å².